The Balaban J connectivity index is 0.00000235. The summed E-state index contributed by atoms with van der Waals surface area (Å²) in [5.74, 6) is -5.82. The number of nitrogens with one attached hydrogen (secondary N) is 9. The molecule has 1 atom stereocenters. The molecule has 0 radical (unpaired) electrons. The molecule has 23 nitrogen and oxygen atoms in total. The summed E-state index contributed by atoms with van der Waals surface area (Å²) in [4.78, 5) is 112. The van der Waals surface area contributed by atoms with Gasteiger partial charge in [-0.3, -0.25) is 39.1 Å². The number of alkyl halides is 3. The summed E-state index contributed by atoms with van der Waals surface area (Å²) in [6.07, 6.45) is -4.74. The SMILES string of the molecule is NCCNC(=O)CCC(=O)NCCNC(=O)CCC(=O)NCCNC(=O)NC(N)=NCCC[C@H](NC(=O)C(c1ccccc1)c1ccccc1)C(=O)NCc1ccc(CNC(N)=O)cc1.O=C(O)C(F)(F)F. The van der Waals surface area contributed by atoms with E-state index in [1.807, 2.05) is 72.8 Å². The Morgan fingerprint density at radius 3 is 1.40 bits per heavy atom. The van der Waals surface area contributed by atoms with Crippen molar-refractivity contribution in [2.24, 2.45) is 22.2 Å². The van der Waals surface area contributed by atoms with Crippen molar-refractivity contribution in [1.82, 2.24) is 47.9 Å². The third-order valence-electron chi connectivity index (χ3n) is 9.66. The van der Waals surface area contributed by atoms with Crippen LogP contribution in [0.4, 0.5) is 22.8 Å². The molecule has 0 fully saturated rings. The monoisotopic (exact) mass is 1010 g/mol. The Labute approximate surface area is 412 Å². The number of carboxylic acid groups (broad SMARTS) is 1. The number of nitrogens with zero attached hydrogens (tertiary/aromatic N) is 1. The Kier molecular flexibility index (Phi) is 27.7. The maximum absolute atomic E-state index is 14.0. The summed E-state index contributed by atoms with van der Waals surface area (Å²) in [6.45, 7) is 1.62. The lowest BCUT2D eigenvalue weighted by atomic mass is 9.90. The molecule has 0 saturated heterocycles. The first kappa shape index (κ1) is 59.8. The lowest BCUT2D eigenvalue weighted by Gasteiger charge is -2.23. The van der Waals surface area contributed by atoms with Gasteiger partial charge in [-0.1, -0.05) is 84.9 Å². The van der Waals surface area contributed by atoms with E-state index in [0.29, 0.717) is 19.5 Å². The zero-order chi connectivity index (χ0) is 53.3. The lowest BCUT2D eigenvalue weighted by molar-refractivity contribution is -0.192. The molecule has 0 bridgehead atoms. The molecule has 0 aromatic heterocycles. The highest BCUT2D eigenvalue weighted by Gasteiger charge is 2.38. The van der Waals surface area contributed by atoms with Gasteiger partial charge in [0.2, 0.25) is 35.4 Å². The number of hydrogen-bond donors (Lipinski definition) is 13. The second kappa shape index (κ2) is 33.3. The second-order valence-corrected chi connectivity index (χ2v) is 15.3. The number of amides is 10. The summed E-state index contributed by atoms with van der Waals surface area (Å²) in [5.41, 5.74) is 19.5. The van der Waals surface area contributed by atoms with Crippen LogP contribution in [0.1, 0.15) is 66.7 Å². The molecule has 3 rings (SSSR count). The van der Waals surface area contributed by atoms with Crippen molar-refractivity contribution in [2.75, 3.05) is 45.8 Å². The van der Waals surface area contributed by atoms with E-state index in [-0.39, 0.29) is 108 Å². The predicted molar refractivity (Wildman–Crippen MR) is 257 cm³/mol. The standard InChI is InChI=1S/C44H61N13O8.C2HF3O2/c45-21-23-48-35(58)17-18-36(59)49-24-25-50-37(60)19-20-38(61)51-26-27-53-44(65)57-42(46)52-22-7-12-34(40(62)54-28-30-13-15-31(16-14-30)29-55-43(47)64)56-41(63)39(32-8-3-1-4-9-32)33-10-5-2-6-11-33;3-2(4,5)1(6)7/h1-6,8-11,13-16,34,39H,7,12,17-29,45H2,(H,48,58)(H,49,59)(H,50,60)(H,51,61)(H,54,62)(H,56,63)(H3,47,55,64)(H4,46,52,53,57,65);(H,6,7)/t34-;/m0./s1. The molecule has 3 aromatic rings. The van der Waals surface area contributed by atoms with Crippen LogP contribution in [0.3, 0.4) is 0 Å². The molecule has 392 valence electrons. The second-order valence-electron chi connectivity index (χ2n) is 15.3. The Morgan fingerprint density at radius 2 is 0.986 bits per heavy atom. The Bertz CT molecular complexity index is 2220. The number of hydrogen-bond acceptors (Lipinski definition) is 11. The van der Waals surface area contributed by atoms with Gasteiger partial charge >= 0.3 is 24.2 Å². The van der Waals surface area contributed by atoms with E-state index in [0.717, 1.165) is 22.3 Å². The lowest BCUT2D eigenvalue weighted by Crippen LogP contribution is -2.48. The number of aliphatic carboxylic acids is 1. The first-order valence-corrected chi connectivity index (χ1v) is 22.5. The van der Waals surface area contributed by atoms with Crippen molar-refractivity contribution in [3.63, 3.8) is 0 Å². The topological polar surface area (TPSA) is 373 Å². The summed E-state index contributed by atoms with van der Waals surface area (Å²) in [6, 6.07) is 23.4. The van der Waals surface area contributed by atoms with Gasteiger partial charge in [-0.15, -0.1) is 0 Å². The van der Waals surface area contributed by atoms with E-state index in [1.165, 1.54) is 0 Å². The third kappa shape index (κ3) is 26.5. The molecule has 3 aromatic carbocycles. The van der Waals surface area contributed by atoms with Crippen LogP contribution in [0, 0.1) is 0 Å². The Hall–Kier alpha value is -8.29. The molecule has 0 aliphatic carbocycles. The van der Waals surface area contributed by atoms with E-state index in [1.54, 1.807) is 12.1 Å². The minimum Gasteiger partial charge on any atom is -0.475 e. The summed E-state index contributed by atoms with van der Waals surface area (Å²) in [5, 5.41) is 30.8. The molecule has 0 aliphatic rings. The van der Waals surface area contributed by atoms with Gasteiger partial charge in [0, 0.05) is 84.6 Å². The number of carboxylic acids is 1. The summed E-state index contributed by atoms with van der Waals surface area (Å²) >= 11 is 0. The van der Waals surface area contributed by atoms with Crippen LogP contribution in [-0.4, -0.2) is 123 Å². The number of benzene rings is 3. The zero-order valence-electron chi connectivity index (χ0n) is 39.3. The van der Waals surface area contributed by atoms with Crippen LogP contribution < -0.4 is 65.1 Å². The molecule has 10 amide bonds. The van der Waals surface area contributed by atoms with Crippen molar-refractivity contribution in [1.29, 1.82) is 0 Å². The third-order valence-corrected chi connectivity index (χ3v) is 9.66. The highest BCUT2D eigenvalue weighted by molar-refractivity contribution is 5.95. The van der Waals surface area contributed by atoms with Gasteiger partial charge in [0.1, 0.15) is 6.04 Å². The average Bonchev–Trinajstić information content (AvgIpc) is 3.35. The first-order chi connectivity index (χ1) is 34.3. The van der Waals surface area contributed by atoms with Crippen LogP contribution in [0.25, 0.3) is 0 Å². The largest absolute Gasteiger partial charge is 0.490 e. The van der Waals surface area contributed by atoms with Crippen LogP contribution in [0.5, 0.6) is 0 Å². The average molecular weight is 1010 g/mol. The van der Waals surface area contributed by atoms with E-state index in [4.69, 9.17) is 27.1 Å². The van der Waals surface area contributed by atoms with E-state index >= 15 is 0 Å². The summed E-state index contributed by atoms with van der Waals surface area (Å²) in [7, 11) is 0. The van der Waals surface area contributed by atoms with Crippen molar-refractivity contribution in [3.8, 4) is 0 Å². The number of nitrogens with two attached hydrogens (primary N) is 3. The van der Waals surface area contributed by atoms with Gasteiger partial charge in [-0.05, 0) is 35.1 Å². The quantitative estimate of drug-likeness (QED) is 0.0268. The Morgan fingerprint density at radius 1 is 0.569 bits per heavy atom. The molecular formula is C46H62F3N13O10. The van der Waals surface area contributed by atoms with Crippen LogP contribution >= 0.6 is 0 Å². The molecule has 0 unspecified atom stereocenters. The molecule has 26 heteroatoms. The number of primary amides is 1. The minimum atomic E-state index is -5.08. The van der Waals surface area contributed by atoms with Gasteiger partial charge in [-0.25, -0.2) is 14.4 Å². The van der Waals surface area contributed by atoms with Crippen molar-refractivity contribution in [3.05, 3.63) is 107 Å². The number of urea groups is 2. The van der Waals surface area contributed by atoms with Crippen molar-refractivity contribution in [2.45, 2.75) is 69.8 Å². The smallest absolute Gasteiger partial charge is 0.475 e. The zero-order valence-corrected chi connectivity index (χ0v) is 39.3. The fourth-order valence-corrected chi connectivity index (χ4v) is 6.08. The van der Waals surface area contributed by atoms with E-state index in [2.05, 4.69) is 52.8 Å². The van der Waals surface area contributed by atoms with E-state index in [9.17, 15) is 51.5 Å². The van der Waals surface area contributed by atoms with Gasteiger partial charge in [0.15, 0.2) is 5.96 Å². The van der Waals surface area contributed by atoms with Crippen LogP contribution in [0.15, 0.2) is 89.9 Å². The van der Waals surface area contributed by atoms with Gasteiger partial charge in [0.05, 0.1) is 5.92 Å². The summed E-state index contributed by atoms with van der Waals surface area (Å²) < 4.78 is 31.7. The van der Waals surface area contributed by atoms with Gasteiger partial charge in [-0.2, -0.15) is 13.2 Å². The molecule has 72 heavy (non-hydrogen) atoms. The molecule has 16 N–H and O–H groups in total. The number of rotatable bonds is 27. The van der Waals surface area contributed by atoms with Crippen molar-refractivity contribution < 1.29 is 61.4 Å². The number of aliphatic imine (C=N–C) groups is 1. The van der Waals surface area contributed by atoms with Crippen molar-refractivity contribution >= 4 is 59.4 Å². The molecule has 0 saturated carbocycles. The minimum absolute atomic E-state index is 0.00308. The van der Waals surface area contributed by atoms with Crippen LogP contribution in [-0.2, 0) is 46.7 Å². The maximum Gasteiger partial charge on any atom is 0.490 e. The highest BCUT2D eigenvalue weighted by Crippen LogP contribution is 2.25. The van der Waals surface area contributed by atoms with Gasteiger partial charge in [0.25, 0.3) is 0 Å². The molecule has 0 heterocycles. The van der Waals surface area contributed by atoms with E-state index < -0.39 is 48.0 Å². The number of carbonyl (C=O) groups is 9. The normalized spacial score (nSPS) is 11.3. The molecular weight excluding hydrogens is 952 g/mol. The first-order valence-electron chi connectivity index (χ1n) is 22.5. The number of halogens is 3. The number of guanidine groups is 1. The predicted octanol–water partition coefficient (Wildman–Crippen LogP) is -0.201. The molecule has 0 spiro atoms. The van der Waals surface area contributed by atoms with Crippen LogP contribution in [0.2, 0.25) is 0 Å². The molecule has 0 aliphatic heterocycles. The fourth-order valence-electron chi connectivity index (χ4n) is 6.08. The number of carbonyl (C=O) groups excluding carboxylic acids is 8. The van der Waals surface area contributed by atoms with Gasteiger partial charge < -0.3 is 64.8 Å². The fraction of sp³-hybridized carbons (Fsp3) is 0.391. The highest BCUT2D eigenvalue weighted by atomic mass is 19.4. The maximum atomic E-state index is 14.0.